The minimum absolute atomic E-state index is 0.0220. The van der Waals surface area contributed by atoms with E-state index in [-0.39, 0.29) is 35.7 Å². The highest BCUT2D eigenvalue weighted by Crippen LogP contribution is 2.30. The average Bonchev–Trinajstić information content (AvgIpc) is 2.63. The number of halogens is 3. The van der Waals surface area contributed by atoms with Crippen LogP contribution in [-0.4, -0.2) is 29.5 Å². The molecule has 0 radical (unpaired) electrons. The van der Waals surface area contributed by atoms with Gasteiger partial charge in [0.2, 0.25) is 0 Å². The van der Waals surface area contributed by atoms with E-state index < -0.39 is 6.36 Å². The van der Waals surface area contributed by atoms with Gasteiger partial charge in [0.1, 0.15) is 17.6 Å². The zero-order chi connectivity index (χ0) is 20.7. The Kier molecular flexibility index (Phi) is 7.31. The summed E-state index contributed by atoms with van der Waals surface area (Å²) in [4.78, 5) is 8.54. The second-order valence-electron chi connectivity index (χ2n) is 6.19. The van der Waals surface area contributed by atoms with Gasteiger partial charge in [-0.1, -0.05) is 26.3 Å². The number of anilines is 1. The number of nitrogens with zero attached hydrogens (tertiary/aromatic N) is 2. The number of nitrogens with two attached hydrogens (primary N) is 1. The summed E-state index contributed by atoms with van der Waals surface area (Å²) in [6.07, 6.45) is -0.228. The SMILES string of the molecule is CCC[C@H](CC)Oc1ncc(Cc2ccc(OC(F)(F)F)cc2OC)nc1N. The van der Waals surface area contributed by atoms with Gasteiger partial charge in [0.15, 0.2) is 5.82 Å². The van der Waals surface area contributed by atoms with Crippen molar-refractivity contribution in [3.05, 3.63) is 35.7 Å². The molecule has 6 nitrogen and oxygen atoms in total. The third-order valence-corrected chi connectivity index (χ3v) is 4.02. The topological polar surface area (TPSA) is 79.5 Å². The Labute approximate surface area is 161 Å². The number of aromatic nitrogens is 2. The molecule has 28 heavy (non-hydrogen) atoms. The quantitative estimate of drug-likeness (QED) is 0.668. The van der Waals surface area contributed by atoms with E-state index in [0.717, 1.165) is 19.3 Å². The zero-order valence-electron chi connectivity index (χ0n) is 16.0. The number of benzene rings is 1. The van der Waals surface area contributed by atoms with Crippen molar-refractivity contribution in [2.75, 3.05) is 12.8 Å². The maximum atomic E-state index is 12.4. The highest BCUT2D eigenvalue weighted by molar-refractivity contribution is 5.44. The summed E-state index contributed by atoms with van der Waals surface area (Å²) in [6, 6.07) is 3.88. The lowest BCUT2D eigenvalue weighted by Gasteiger charge is -2.17. The van der Waals surface area contributed by atoms with Crippen LogP contribution in [0.1, 0.15) is 44.4 Å². The summed E-state index contributed by atoms with van der Waals surface area (Å²) in [5, 5.41) is 0. The number of rotatable bonds is 9. The average molecular weight is 399 g/mol. The molecule has 1 aromatic heterocycles. The van der Waals surface area contributed by atoms with E-state index in [1.165, 1.54) is 31.5 Å². The van der Waals surface area contributed by atoms with Gasteiger partial charge in [0.05, 0.1) is 19.0 Å². The van der Waals surface area contributed by atoms with Gasteiger partial charge in [-0.05, 0) is 18.9 Å². The van der Waals surface area contributed by atoms with Crippen molar-refractivity contribution in [1.82, 2.24) is 9.97 Å². The predicted octanol–water partition coefficient (Wildman–Crippen LogP) is 4.51. The number of hydrogen-bond donors (Lipinski definition) is 1. The van der Waals surface area contributed by atoms with Gasteiger partial charge in [-0.15, -0.1) is 13.2 Å². The lowest BCUT2D eigenvalue weighted by atomic mass is 10.1. The molecule has 1 heterocycles. The molecule has 9 heteroatoms. The van der Waals surface area contributed by atoms with Crippen LogP contribution in [0.3, 0.4) is 0 Å². The van der Waals surface area contributed by atoms with Gasteiger partial charge in [0.25, 0.3) is 5.88 Å². The first-order valence-electron chi connectivity index (χ1n) is 8.96. The van der Waals surface area contributed by atoms with Crippen LogP contribution in [0.4, 0.5) is 19.0 Å². The van der Waals surface area contributed by atoms with Crippen LogP contribution in [0, 0.1) is 0 Å². The third-order valence-electron chi connectivity index (χ3n) is 4.02. The minimum Gasteiger partial charge on any atom is -0.496 e. The molecule has 154 valence electrons. The van der Waals surface area contributed by atoms with Crippen LogP contribution in [0.5, 0.6) is 17.4 Å². The van der Waals surface area contributed by atoms with Gasteiger partial charge in [-0.25, -0.2) is 9.97 Å². The Hall–Kier alpha value is -2.71. The molecular formula is C19H24F3N3O3. The first-order chi connectivity index (χ1) is 13.3. The largest absolute Gasteiger partial charge is 0.573 e. The maximum Gasteiger partial charge on any atom is 0.573 e. The third kappa shape index (κ3) is 6.17. The fourth-order valence-electron chi connectivity index (χ4n) is 2.70. The van der Waals surface area contributed by atoms with Crippen LogP contribution in [0.15, 0.2) is 24.4 Å². The van der Waals surface area contributed by atoms with E-state index in [2.05, 4.69) is 21.6 Å². The molecule has 0 saturated carbocycles. The van der Waals surface area contributed by atoms with Crippen molar-refractivity contribution in [2.45, 2.75) is 52.0 Å². The van der Waals surface area contributed by atoms with Crippen molar-refractivity contribution in [3.8, 4) is 17.4 Å². The fraction of sp³-hybridized carbons (Fsp3) is 0.474. The summed E-state index contributed by atoms with van der Waals surface area (Å²) < 4.78 is 52.0. The Morgan fingerprint density at radius 1 is 1.21 bits per heavy atom. The molecule has 0 amide bonds. The Morgan fingerprint density at radius 2 is 1.96 bits per heavy atom. The maximum absolute atomic E-state index is 12.4. The van der Waals surface area contributed by atoms with Crippen LogP contribution in [0.2, 0.25) is 0 Å². The second-order valence-corrected chi connectivity index (χ2v) is 6.19. The second kappa shape index (κ2) is 9.48. The highest BCUT2D eigenvalue weighted by Gasteiger charge is 2.31. The Bertz CT molecular complexity index is 785. The number of nitrogen functional groups attached to an aromatic ring is 1. The van der Waals surface area contributed by atoms with E-state index >= 15 is 0 Å². The van der Waals surface area contributed by atoms with Crippen molar-refractivity contribution >= 4 is 5.82 Å². The van der Waals surface area contributed by atoms with Crippen LogP contribution >= 0.6 is 0 Å². The first-order valence-corrected chi connectivity index (χ1v) is 8.96. The molecule has 0 unspecified atom stereocenters. The van der Waals surface area contributed by atoms with Gasteiger partial charge in [-0.3, -0.25) is 0 Å². The normalized spacial score (nSPS) is 12.5. The predicted molar refractivity (Wildman–Crippen MR) is 98.5 cm³/mol. The summed E-state index contributed by atoms with van der Waals surface area (Å²) in [5.41, 5.74) is 7.12. The van der Waals surface area contributed by atoms with Crippen molar-refractivity contribution < 1.29 is 27.4 Å². The minimum atomic E-state index is -4.77. The summed E-state index contributed by atoms with van der Waals surface area (Å²) in [5.74, 6) is 0.341. The number of ether oxygens (including phenoxy) is 3. The molecule has 0 fully saturated rings. The number of methoxy groups -OCH3 is 1. The molecule has 0 saturated heterocycles. The van der Waals surface area contributed by atoms with E-state index in [0.29, 0.717) is 11.3 Å². The van der Waals surface area contributed by atoms with Gasteiger partial charge in [-0.2, -0.15) is 0 Å². The highest BCUT2D eigenvalue weighted by atomic mass is 19.4. The Balaban J connectivity index is 2.15. The van der Waals surface area contributed by atoms with Gasteiger partial charge in [0, 0.05) is 18.1 Å². The molecule has 2 rings (SSSR count). The molecule has 2 N–H and O–H groups in total. The van der Waals surface area contributed by atoms with E-state index in [9.17, 15) is 13.2 Å². The van der Waals surface area contributed by atoms with E-state index in [1.807, 2.05) is 6.92 Å². The van der Waals surface area contributed by atoms with Gasteiger partial charge >= 0.3 is 6.36 Å². The van der Waals surface area contributed by atoms with E-state index in [4.69, 9.17) is 15.2 Å². The molecule has 1 aromatic carbocycles. The monoisotopic (exact) mass is 399 g/mol. The van der Waals surface area contributed by atoms with Gasteiger partial charge < -0.3 is 19.9 Å². The van der Waals surface area contributed by atoms with Crippen molar-refractivity contribution in [2.24, 2.45) is 0 Å². The first kappa shape index (κ1) is 21.6. The van der Waals surface area contributed by atoms with Crippen molar-refractivity contribution in [3.63, 3.8) is 0 Å². The number of hydrogen-bond acceptors (Lipinski definition) is 6. The molecule has 0 spiro atoms. The van der Waals surface area contributed by atoms with E-state index in [1.54, 1.807) is 0 Å². The molecule has 1 atom stereocenters. The molecule has 2 aromatic rings. The Morgan fingerprint density at radius 3 is 2.54 bits per heavy atom. The smallest absolute Gasteiger partial charge is 0.496 e. The van der Waals surface area contributed by atoms with Crippen LogP contribution in [-0.2, 0) is 6.42 Å². The van der Waals surface area contributed by atoms with Crippen molar-refractivity contribution in [1.29, 1.82) is 0 Å². The summed E-state index contributed by atoms with van der Waals surface area (Å²) >= 11 is 0. The fourth-order valence-corrected chi connectivity index (χ4v) is 2.70. The standard InChI is InChI=1S/C19H24F3N3O3/c1-4-6-14(5-2)27-18-17(23)25-13(11-24-18)9-12-7-8-15(10-16(12)26-3)28-19(20,21)22/h7-8,10-11,14H,4-6,9H2,1-3H3,(H2,23,25)/t14-/m0/s1. The molecule has 0 aliphatic rings. The summed E-state index contributed by atoms with van der Waals surface area (Å²) in [7, 11) is 1.37. The molecule has 0 bridgehead atoms. The lowest BCUT2D eigenvalue weighted by Crippen LogP contribution is -2.17. The zero-order valence-corrected chi connectivity index (χ0v) is 16.0. The summed E-state index contributed by atoms with van der Waals surface area (Å²) in [6.45, 7) is 4.10. The molecule has 0 aliphatic heterocycles. The van der Waals surface area contributed by atoms with Crippen LogP contribution in [0.25, 0.3) is 0 Å². The lowest BCUT2D eigenvalue weighted by molar-refractivity contribution is -0.274. The molecular weight excluding hydrogens is 375 g/mol. The molecule has 0 aliphatic carbocycles. The van der Waals surface area contributed by atoms with Crippen LogP contribution < -0.4 is 19.9 Å². The number of alkyl halides is 3.